The molecule has 1 radical (unpaired) electrons. The molecule has 0 rings (SSSR count). The molecule has 0 amide bonds. The summed E-state index contributed by atoms with van der Waals surface area (Å²) in [6.45, 7) is 3.45. The number of hydrogen-bond acceptors (Lipinski definition) is 1. The fourth-order valence-corrected chi connectivity index (χ4v) is 0.671. The van der Waals surface area contributed by atoms with Crippen LogP contribution >= 0.6 is 7.37 Å². The number of rotatable bonds is 2. The van der Waals surface area contributed by atoms with Gasteiger partial charge in [-0.2, -0.15) is 0 Å². The average Bonchev–Trinajstić information content (AvgIpc) is 1.68. The van der Waals surface area contributed by atoms with Crippen molar-refractivity contribution in [1.29, 1.82) is 0 Å². The van der Waals surface area contributed by atoms with Crippen LogP contribution in [-0.2, 0) is 30.4 Å². The van der Waals surface area contributed by atoms with Crippen molar-refractivity contribution >= 4 is 7.37 Å². The van der Waals surface area contributed by atoms with Crippen LogP contribution < -0.4 is 0 Å². The molecule has 0 bridgehead atoms. The van der Waals surface area contributed by atoms with Crippen molar-refractivity contribution in [2.24, 2.45) is 0 Å². The summed E-state index contributed by atoms with van der Waals surface area (Å²) < 4.78 is 10.5. The second kappa shape index (κ2) is 4.89. The summed E-state index contributed by atoms with van der Waals surface area (Å²) in [4.78, 5) is 8.69. The third-order valence-electron chi connectivity index (χ3n) is 0.988. The third-order valence-corrected chi connectivity index (χ3v) is 2.96. The van der Waals surface area contributed by atoms with Crippen molar-refractivity contribution in [2.75, 3.05) is 12.3 Å². The van der Waals surface area contributed by atoms with Gasteiger partial charge in [0.2, 0.25) is 0 Å². The van der Waals surface area contributed by atoms with Crippen molar-refractivity contribution in [3.63, 3.8) is 0 Å². The zero-order chi connectivity index (χ0) is 5.91. The first kappa shape index (κ1) is 11.8. The Balaban J connectivity index is 0. The molecule has 8 heavy (non-hydrogen) atoms. The Morgan fingerprint density at radius 3 is 1.62 bits per heavy atom. The van der Waals surface area contributed by atoms with Gasteiger partial charge in [0.05, 0.1) is 0 Å². The van der Waals surface area contributed by atoms with E-state index in [0.29, 0.717) is 12.3 Å². The Labute approximate surface area is 68.9 Å². The molecule has 2 nitrogen and oxygen atoms in total. The van der Waals surface area contributed by atoms with Crippen LogP contribution in [0.5, 0.6) is 0 Å². The molecule has 0 saturated heterocycles. The van der Waals surface area contributed by atoms with Gasteiger partial charge in [0.1, 0.15) is 0 Å². The molecule has 0 fully saturated rings. The Bertz CT molecular complexity index is 86.0. The van der Waals surface area contributed by atoms with Gasteiger partial charge in [-0.1, -0.05) is 13.8 Å². The molecule has 0 aromatic rings. The Kier molecular flexibility index (Phi) is 7.22. The zero-order valence-electron chi connectivity index (χ0n) is 5.29. The second-order valence-electron chi connectivity index (χ2n) is 1.48. The zero-order valence-corrected chi connectivity index (χ0v) is 7.99. The molecule has 0 aromatic heterocycles. The minimum absolute atomic E-state index is 0. The molecule has 0 saturated carbocycles. The van der Waals surface area contributed by atoms with Crippen molar-refractivity contribution in [3.8, 4) is 0 Å². The van der Waals surface area contributed by atoms with E-state index in [1.54, 1.807) is 13.8 Å². The minimum Gasteiger partial charge on any atom is -0.344 e. The van der Waals surface area contributed by atoms with Crippen LogP contribution in [0.3, 0.4) is 0 Å². The summed E-state index contributed by atoms with van der Waals surface area (Å²) in [5, 5.41) is 0. The van der Waals surface area contributed by atoms with E-state index in [-0.39, 0.29) is 25.8 Å². The topological polar surface area (TPSA) is 37.3 Å². The first-order valence-electron chi connectivity index (χ1n) is 2.43. The standard InChI is InChI=1S/C4H11O2P.Sc/c1-3-7(5,6)4-2;/h3-4H2,1-2H3,(H,5,6);. The van der Waals surface area contributed by atoms with Crippen LogP contribution in [0.4, 0.5) is 0 Å². The third kappa shape index (κ3) is 5.20. The van der Waals surface area contributed by atoms with E-state index >= 15 is 0 Å². The monoisotopic (exact) mass is 167 g/mol. The van der Waals surface area contributed by atoms with Gasteiger partial charge in [0.25, 0.3) is 0 Å². The maximum absolute atomic E-state index is 10.5. The van der Waals surface area contributed by atoms with Crippen LogP contribution in [0.25, 0.3) is 0 Å². The smallest absolute Gasteiger partial charge is 0.200 e. The molecule has 0 aromatic carbocycles. The van der Waals surface area contributed by atoms with E-state index in [9.17, 15) is 4.57 Å². The van der Waals surface area contributed by atoms with Gasteiger partial charge in [0, 0.05) is 38.2 Å². The molecule has 0 aliphatic carbocycles. The van der Waals surface area contributed by atoms with E-state index < -0.39 is 7.37 Å². The average molecular weight is 167 g/mol. The van der Waals surface area contributed by atoms with Crippen molar-refractivity contribution in [2.45, 2.75) is 13.8 Å². The predicted molar refractivity (Wildman–Crippen MR) is 30.9 cm³/mol. The van der Waals surface area contributed by atoms with Gasteiger partial charge >= 0.3 is 0 Å². The van der Waals surface area contributed by atoms with Gasteiger partial charge < -0.3 is 4.89 Å². The molecule has 47 valence electrons. The SMILES string of the molecule is CCP(=O)(O)CC.[Sc]. The van der Waals surface area contributed by atoms with Gasteiger partial charge in [0.15, 0.2) is 7.37 Å². The van der Waals surface area contributed by atoms with Crippen LogP contribution in [0.1, 0.15) is 13.8 Å². The fourth-order valence-electron chi connectivity index (χ4n) is 0.224. The first-order valence-corrected chi connectivity index (χ1v) is 4.46. The maximum atomic E-state index is 10.5. The van der Waals surface area contributed by atoms with E-state index in [0.717, 1.165) is 0 Å². The minimum atomic E-state index is -2.65. The van der Waals surface area contributed by atoms with Crippen LogP contribution in [-0.4, -0.2) is 17.2 Å². The molecular formula is C4H11O2PSc. The normalized spacial score (nSPS) is 10.4. The van der Waals surface area contributed by atoms with Crippen LogP contribution in [0.2, 0.25) is 0 Å². The molecule has 0 aliphatic heterocycles. The molecule has 0 heterocycles. The van der Waals surface area contributed by atoms with Crippen molar-refractivity contribution in [1.82, 2.24) is 0 Å². The number of hydrogen-bond donors (Lipinski definition) is 1. The van der Waals surface area contributed by atoms with Gasteiger partial charge in [-0.3, -0.25) is 4.57 Å². The summed E-state index contributed by atoms with van der Waals surface area (Å²) >= 11 is 0. The molecular weight excluding hydrogens is 156 g/mol. The van der Waals surface area contributed by atoms with Crippen LogP contribution in [0, 0.1) is 0 Å². The first-order chi connectivity index (χ1) is 3.12. The molecule has 0 unspecified atom stereocenters. The van der Waals surface area contributed by atoms with E-state index in [1.807, 2.05) is 0 Å². The largest absolute Gasteiger partial charge is 0.344 e. The summed E-state index contributed by atoms with van der Waals surface area (Å²) in [6.07, 6.45) is 0.812. The summed E-state index contributed by atoms with van der Waals surface area (Å²) in [6, 6.07) is 0. The van der Waals surface area contributed by atoms with Crippen molar-refractivity contribution in [3.05, 3.63) is 0 Å². The van der Waals surface area contributed by atoms with Gasteiger partial charge in [-0.25, -0.2) is 0 Å². The fraction of sp³-hybridized carbons (Fsp3) is 1.00. The van der Waals surface area contributed by atoms with Gasteiger partial charge in [-0.15, -0.1) is 0 Å². The van der Waals surface area contributed by atoms with E-state index in [4.69, 9.17) is 4.89 Å². The van der Waals surface area contributed by atoms with Crippen LogP contribution in [0.15, 0.2) is 0 Å². The molecule has 0 atom stereocenters. The van der Waals surface area contributed by atoms with E-state index in [2.05, 4.69) is 0 Å². The second-order valence-corrected chi connectivity index (χ2v) is 4.44. The maximum Gasteiger partial charge on any atom is 0.200 e. The predicted octanol–water partition coefficient (Wildman–Crippen LogP) is 1.29. The summed E-state index contributed by atoms with van der Waals surface area (Å²) in [5.41, 5.74) is 0. The quantitative estimate of drug-likeness (QED) is 0.629. The molecule has 1 N–H and O–H groups in total. The Hall–Kier alpha value is 1.06. The molecule has 0 spiro atoms. The van der Waals surface area contributed by atoms with Gasteiger partial charge in [-0.05, 0) is 0 Å². The Morgan fingerprint density at radius 2 is 1.62 bits per heavy atom. The molecule has 4 heteroatoms. The summed E-state index contributed by atoms with van der Waals surface area (Å²) in [7, 11) is -2.65. The molecule has 0 aliphatic rings. The van der Waals surface area contributed by atoms with Crippen molar-refractivity contribution < 1.29 is 35.3 Å². The van der Waals surface area contributed by atoms with E-state index in [1.165, 1.54) is 0 Å². The Morgan fingerprint density at radius 1 is 1.38 bits per heavy atom. The summed E-state index contributed by atoms with van der Waals surface area (Å²) in [5.74, 6) is 0.